The van der Waals surface area contributed by atoms with Crippen molar-refractivity contribution >= 4 is 23.2 Å². The zero-order chi connectivity index (χ0) is 10.7. The minimum absolute atomic E-state index is 0.544. The van der Waals surface area contributed by atoms with Crippen LogP contribution in [0, 0.1) is 0 Å². The molecule has 2 aromatic rings. The Morgan fingerprint density at radius 2 is 1.73 bits per heavy atom. The number of hydrogen-bond donors (Lipinski definition) is 0. The minimum atomic E-state index is 0.544. The van der Waals surface area contributed by atoms with Crippen molar-refractivity contribution in [3.63, 3.8) is 0 Å². The largest absolute Gasteiger partial charge is 0.259 e. The van der Waals surface area contributed by atoms with Gasteiger partial charge in [-0.2, -0.15) is 0 Å². The van der Waals surface area contributed by atoms with Crippen LogP contribution in [0.1, 0.15) is 11.3 Å². The van der Waals surface area contributed by atoms with E-state index in [2.05, 4.69) is 4.98 Å². The van der Waals surface area contributed by atoms with Gasteiger partial charge in [0.1, 0.15) is 0 Å². The Balaban J connectivity index is 2.29. The maximum Gasteiger partial charge on any atom is 0.0811 e. The zero-order valence-corrected chi connectivity index (χ0v) is 9.46. The molecule has 0 saturated heterocycles. The van der Waals surface area contributed by atoms with Gasteiger partial charge in [-0.1, -0.05) is 53.5 Å². The average Bonchev–Trinajstić information content (AvgIpc) is 2.26. The molecule has 1 aromatic carbocycles. The Labute approximate surface area is 98.7 Å². The lowest BCUT2D eigenvalue weighted by atomic mass is 10.1. The molecule has 0 fully saturated rings. The molecule has 1 heterocycles. The van der Waals surface area contributed by atoms with Crippen LogP contribution in [-0.2, 0) is 6.42 Å². The minimum Gasteiger partial charge on any atom is -0.259 e. The highest BCUT2D eigenvalue weighted by molar-refractivity contribution is 6.42. The number of halogens is 2. The number of benzene rings is 1. The van der Waals surface area contributed by atoms with Gasteiger partial charge in [0.05, 0.1) is 15.7 Å². The number of hydrogen-bond acceptors (Lipinski definition) is 1. The third-order valence-electron chi connectivity index (χ3n) is 2.13. The van der Waals surface area contributed by atoms with Crippen molar-refractivity contribution in [3.8, 4) is 0 Å². The molecule has 0 bridgehead atoms. The maximum absolute atomic E-state index is 6.05. The Morgan fingerprint density at radius 3 is 2.47 bits per heavy atom. The van der Waals surface area contributed by atoms with Crippen LogP contribution in [0.3, 0.4) is 0 Å². The molecule has 0 N–H and O–H groups in total. The number of rotatable bonds is 2. The first-order valence-corrected chi connectivity index (χ1v) is 5.36. The molecule has 0 spiro atoms. The zero-order valence-electron chi connectivity index (χ0n) is 7.95. The summed E-state index contributed by atoms with van der Waals surface area (Å²) < 4.78 is 0. The third-order valence-corrected chi connectivity index (χ3v) is 2.96. The van der Waals surface area contributed by atoms with E-state index in [1.54, 1.807) is 12.3 Å². The topological polar surface area (TPSA) is 12.9 Å². The molecule has 1 aromatic heterocycles. The van der Waals surface area contributed by atoms with Crippen molar-refractivity contribution in [2.75, 3.05) is 0 Å². The van der Waals surface area contributed by atoms with Crippen molar-refractivity contribution < 1.29 is 0 Å². The first-order valence-electron chi connectivity index (χ1n) is 4.60. The van der Waals surface area contributed by atoms with E-state index >= 15 is 0 Å². The molecule has 0 unspecified atom stereocenters. The molecule has 76 valence electrons. The normalized spacial score (nSPS) is 10.3. The highest BCUT2D eigenvalue weighted by Gasteiger charge is 2.06. The summed E-state index contributed by atoms with van der Waals surface area (Å²) in [6.07, 6.45) is 2.38. The smallest absolute Gasteiger partial charge is 0.0811 e. The predicted molar refractivity (Wildman–Crippen MR) is 63.5 cm³/mol. The standard InChI is InChI=1S/C12H9Cl2N/c13-10-6-7-15-11(12(10)14)8-9-4-2-1-3-5-9/h1-7H,8H2. The SMILES string of the molecule is Clc1ccnc(Cc2ccccc2)c1Cl. The summed E-state index contributed by atoms with van der Waals surface area (Å²) in [4.78, 5) is 4.22. The van der Waals surface area contributed by atoms with Crippen molar-refractivity contribution in [3.05, 3.63) is 63.9 Å². The second-order valence-electron chi connectivity index (χ2n) is 3.22. The van der Waals surface area contributed by atoms with Crippen LogP contribution in [0.4, 0.5) is 0 Å². The summed E-state index contributed by atoms with van der Waals surface area (Å²) in [7, 11) is 0. The van der Waals surface area contributed by atoms with Crippen LogP contribution in [0.15, 0.2) is 42.6 Å². The highest BCUT2D eigenvalue weighted by Crippen LogP contribution is 2.25. The number of nitrogens with zero attached hydrogens (tertiary/aromatic N) is 1. The summed E-state index contributed by atoms with van der Waals surface area (Å²) in [5.74, 6) is 0. The monoisotopic (exact) mass is 237 g/mol. The molecule has 3 heteroatoms. The van der Waals surface area contributed by atoms with Crippen molar-refractivity contribution in [2.24, 2.45) is 0 Å². The fourth-order valence-electron chi connectivity index (χ4n) is 1.37. The average molecular weight is 238 g/mol. The van der Waals surface area contributed by atoms with Gasteiger partial charge in [0.15, 0.2) is 0 Å². The van der Waals surface area contributed by atoms with E-state index in [9.17, 15) is 0 Å². The van der Waals surface area contributed by atoms with Crippen LogP contribution < -0.4 is 0 Å². The summed E-state index contributed by atoms with van der Waals surface area (Å²) in [5, 5.41) is 1.10. The van der Waals surface area contributed by atoms with Gasteiger partial charge in [-0.25, -0.2) is 0 Å². The van der Waals surface area contributed by atoms with E-state index in [0.717, 1.165) is 5.69 Å². The van der Waals surface area contributed by atoms with E-state index in [4.69, 9.17) is 23.2 Å². The Hall–Kier alpha value is -1.05. The van der Waals surface area contributed by atoms with Crippen LogP contribution >= 0.6 is 23.2 Å². The molecular weight excluding hydrogens is 229 g/mol. The van der Waals surface area contributed by atoms with E-state index in [0.29, 0.717) is 16.5 Å². The molecule has 0 amide bonds. The third kappa shape index (κ3) is 2.49. The Morgan fingerprint density at radius 1 is 1.00 bits per heavy atom. The van der Waals surface area contributed by atoms with Gasteiger partial charge < -0.3 is 0 Å². The van der Waals surface area contributed by atoms with Gasteiger partial charge in [-0.05, 0) is 11.6 Å². The summed E-state index contributed by atoms with van der Waals surface area (Å²) in [6.45, 7) is 0. The lowest BCUT2D eigenvalue weighted by Gasteiger charge is -2.04. The predicted octanol–water partition coefficient (Wildman–Crippen LogP) is 3.98. The molecule has 0 saturated carbocycles. The van der Waals surface area contributed by atoms with Crippen molar-refractivity contribution in [1.82, 2.24) is 4.98 Å². The second-order valence-corrected chi connectivity index (χ2v) is 4.00. The Kier molecular flexibility index (Phi) is 3.24. The molecule has 0 aliphatic heterocycles. The van der Waals surface area contributed by atoms with E-state index < -0.39 is 0 Å². The van der Waals surface area contributed by atoms with Crippen molar-refractivity contribution in [1.29, 1.82) is 0 Å². The number of pyridine rings is 1. The fraction of sp³-hybridized carbons (Fsp3) is 0.0833. The van der Waals surface area contributed by atoms with Crippen LogP contribution in [-0.4, -0.2) is 4.98 Å². The Bertz CT molecular complexity index is 454. The quantitative estimate of drug-likeness (QED) is 0.771. The first kappa shape index (κ1) is 10.5. The summed E-state index contributed by atoms with van der Waals surface area (Å²) in [5.41, 5.74) is 1.99. The van der Waals surface area contributed by atoms with Gasteiger partial charge in [0.25, 0.3) is 0 Å². The summed E-state index contributed by atoms with van der Waals surface area (Å²) >= 11 is 12.0. The van der Waals surface area contributed by atoms with Gasteiger partial charge in [0.2, 0.25) is 0 Å². The van der Waals surface area contributed by atoms with E-state index in [1.807, 2.05) is 30.3 Å². The second kappa shape index (κ2) is 4.65. The lowest BCUT2D eigenvalue weighted by molar-refractivity contribution is 1.07. The first-order chi connectivity index (χ1) is 7.27. The molecule has 0 atom stereocenters. The van der Waals surface area contributed by atoms with Gasteiger partial charge >= 0.3 is 0 Å². The number of aromatic nitrogens is 1. The molecular formula is C12H9Cl2N. The molecule has 1 nitrogen and oxygen atoms in total. The van der Waals surface area contributed by atoms with Gasteiger partial charge in [-0.3, -0.25) is 4.98 Å². The van der Waals surface area contributed by atoms with Gasteiger partial charge in [0, 0.05) is 12.6 Å². The highest BCUT2D eigenvalue weighted by atomic mass is 35.5. The molecule has 15 heavy (non-hydrogen) atoms. The molecule has 0 aliphatic rings. The van der Waals surface area contributed by atoms with Crippen LogP contribution in [0.5, 0.6) is 0 Å². The fourth-order valence-corrected chi connectivity index (χ4v) is 1.72. The van der Waals surface area contributed by atoms with Crippen LogP contribution in [0.25, 0.3) is 0 Å². The molecule has 0 aliphatic carbocycles. The lowest BCUT2D eigenvalue weighted by Crippen LogP contribution is -1.93. The van der Waals surface area contributed by atoms with Crippen LogP contribution in [0.2, 0.25) is 10.0 Å². The maximum atomic E-state index is 6.05. The van der Waals surface area contributed by atoms with E-state index in [1.165, 1.54) is 5.56 Å². The van der Waals surface area contributed by atoms with E-state index in [-0.39, 0.29) is 0 Å². The van der Waals surface area contributed by atoms with Crippen molar-refractivity contribution in [2.45, 2.75) is 6.42 Å². The molecule has 0 radical (unpaired) electrons. The molecule has 2 rings (SSSR count). The van der Waals surface area contributed by atoms with Gasteiger partial charge in [-0.15, -0.1) is 0 Å². The summed E-state index contributed by atoms with van der Waals surface area (Å²) in [6, 6.07) is 11.7.